The van der Waals surface area contributed by atoms with Crippen LogP contribution in [0.3, 0.4) is 0 Å². The molecule has 2 aliphatic rings. The van der Waals surface area contributed by atoms with E-state index in [1.807, 2.05) is 72.8 Å². The number of H-pyrrole nitrogens is 2. The van der Waals surface area contributed by atoms with Crippen LogP contribution in [0, 0.1) is 0 Å². The van der Waals surface area contributed by atoms with Gasteiger partial charge in [0, 0.05) is 43.8 Å². The van der Waals surface area contributed by atoms with Crippen molar-refractivity contribution in [2.45, 2.75) is 4.90 Å². The van der Waals surface area contributed by atoms with E-state index in [1.165, 1.54) is 6.07 Å². The molecule has 0 aliphatic carbocycles. The van der Waals surface area contributed by atoms with Crippen molar-refractivity contribution in [1.82, 2.24) is 39.9 Å². The van der Waals surface area contributed by atoms with Gasteiger partial charge in [-0.15, -0.1) is 0 Å². The number of benzene rings is 4. The van der Waals surface area contributed by atoms with Crippen LogP contribution in [0.2, 0.25) is 0 Å². The number of hydrogen-bond donors (Lipinski definition) is 3. The molecule has 3 aromatic heterocycles. The zero-order valence-corrected chi connectivity index (χ0v) is 24.7. The zero-order valence-electron chi connectivity index (χ0n) is 22.9. The van der Waals surface area contributed by atoms with Crippen molar-refractivity contribution in [1.29, 1.82) is 0 Å². The number of hydrogen-bond acceptors (Lipinski definition) is 8. The third-order valence-electron chi connectivity index (χ3n) is 7.85. The molecular formula is C32H19CuN9O2S+. The molecule has 0 unspecified atom stereocenters. The molecule has 8 bridgehead atoms. The normalized spacial score (nSPS) is 12.1. The number of nitrogens with one attached hydrogen (secondary N) is 2. The van der Waals surface area contributed by atoms with Crippen molar-refractivity contribution in [2.75, 3.05) is 0 Å². The smallest absolute Gasteiger partial charge is 0.324 e. The van der Waals surface area contributed by atoms with Crippen molar-refractivity contribution in [3.05, 3.63) is 91.0 Å². The van der Waals surface area contributed by atoms with Crippen molar-refractivity contribution >= 4 is 54.2 Å². The molecule has 0 radical (unpaired) electrons. The van der Waals surface area contributed by atoms with Crippen molar-refractivity contribution in [2.24, 2.45) is 5.14 Å². The van der Waals surface area contributed by atoms with Gasteiger partial charge in [-0.3, -0.25) is 0 Å². The van der Waals surface area contributed by atoms with Gasteiger partial charge in [-0.2, -0.15) is 0 Å². The average Bonchev–Trinajstić information content (AvgIpc) is 3.76. The number of sulfonamides is 1. The van der Waals surface area contributed by atoms with E-state index in [0.717, 1.165) is 33.0 Å². The van der Waals surface area contributed by atoms with E-state index in [9.17, 15) is 8.42 Å². The molecule has 0 amide bonds. The third kappa shape index (κ3) is 4.17. The summed E-state index contributed by atoms with van der Waals surface area (Å²) >= 11 is 0. The van der Waals surface area contributed by atoms with Gasteiger partial charge in [0.25, 0.3) is 0 Å². The summed E-state index contributed by atoms with van der Waals surface area (Å²) in [4.78, 5) is 35.9. The second-order valence-corrected chi connectivity index (χ2v) is 12.0. The summed E-state index contributed by atoms with van der Waals surface area (Å²) < 4.78 is 25.5. The number of nitrogens with zero attached hydrogens (tertiary/aromatic N) is 6. The number of aromatic nitrogens is 8. The summed E-state index contributed by atoms with van der Waals surface area (Å²) in [7, 11) is -4.12. The van der Waals surface area contributed by atoms with E-state index in [0.29, 0.717) is 51.0 Å². The van der Waals surface area contributed by atoms with E-state index >= 15 is 0 Å². The molecule has 5 heterocycles. The fourth-order valence-electron chi connectivity index (χ4n) is 5.90. The molecular weight excluding hydrogens is 638 g/mol. The molecule has 9 rings (SSSR count). The summed E-state index contributed by atoms with van der Waals surface area (Å²) in [5.74, 6) is 1.72. The van der Waals surface area contributed by atoms with Gasteiger partial charge in [0.05, 0.1) is 4.90 Å². The molecule has 11 nitrogen and oxygen atoms in total. The minimum atomic E-state index is -4.12. The van der Waals surface area contributed by atoms with E-state index in [1.54, 1.807) is 12.1 Å². The van der Waals surface area contributed by atoms with Crippen LogP contribution >= 0.6 is 0 Å². The van der Waals surface area contributed by atoms with E-state index in [4.69, 9.17) is 35.0 Å². The number of primary sulfonamides is 1. The summed E-state index contributed by atoms with van der Waals surface area (Å²) in [5.41, 5.74) is 4.95. The standard InChI is InChI=1S/C32H19N9O2S.Cu/c33-44(42,43)23-15-7-14-22-24(23)32-40-30-21-13-6-5-12-20(21)28(38-30)36-26-17-9-2-1-8-16(17)25(34-26)35-27-18-10-3-4-11-19(18)29(37-27)39-31(22)41-32;/h1-15H,(H2,33,42,43)(H2,34,35,36,37,38,39,40,41);/q;+1. The maximum atomic E-state index is 12.7. The Morgan fingerprint density at radius 1 is 0.467 bits per heavy atom. The fourth-order valence-corrected chi connectivity index (χ4v) is 6.65. The Bertz CT molecular complexity index is 2660. The molecule has 4 N–H and O–H groups in total. The molecule has 220 valence electrons. The molecule has 4 aromatic carbocycles. The van der Waals surface area contributed by atoms with Gasteiger partial charge in [0.2, 0.25) is 10.0 Å². The number of aromatic amines is 2. The molecule has 2 aliphatic heterocycles. The quantitative estimate of drug-likeness (QED) is 0.194. The van der Waals surface area contributed by atoms with Crippen LogP contribution in [0.5, 0.6) is 0 Å². The predicted octanol–water partition coefficient (Wildman–Crippen LogP) is 5.51. The van der Waals surface area contributed by atoms with Crippen LogP contribution in [-0.4, -0.2) is 48.3 Å². The average molecular weight is 657 g/mol. The van der Waals surface area contributed by atoms with Gasteiger partial charge in [-0.05, 0) is 6.07 Å². The zero-order chi connectivity index (χ0) is 29.6. The van der Waals surface area contributed by atoms with Crippen molar-refractivity contribution in [3.8, 4) is 45.6 Å². The molecule has 0 fully saturated rings. The van der Waals surface area contributed by atoms with Crippen LogP contribution in [0.1, 0.15) is 0 Å². The van der Waals surface area contributed by atoms with E-state index in [2.05, 4.69) is 9.97 Å². The Balaban J connectivity index is 0.00000300. The summed E-state index contributed by atoms with van der Waals surface area (Å²) in [6.07, 6.45) is 0. The summed E-state index contributed by atoms with van der Waals surface area (Å²) in [5, 5.41) is 8.26. The van der Waals surface area contributed by atoms with Crippen LogP contribution in [0.25, 0.3) is 89.7 Å². The van der Waals surface area contributed by atoms with Crippen LogP contribution in [0.15, 0.2) is 95.9 Å². The third-order valence-corrected chi connectivity index (χ3v) is 8.80. The fraction of sp³-hybridized carbons (Fsp3) is 0. The Labute approximate surface area is 265 Å². The van der Waals surface area contributed by atoms with Gasteiger partial charge in [0.1, 0.15) is 22.6 Å². The van der Waals surface area contributed by atoms with Gasteiger partial charge in [-0.1, -0.05) is 84.9 Å². The molecule has 0 atom stereocenters. The number of rotatable bonds is 1. The van der Waals surface area contributed by atoms with E-state index in [-0.39, 0.29) is 27.6 Å². The van der Waals surface area contributed by atoms with Gasteiger partial charge in [-0.25, -0.2) is 43.5 Å². The topological polar surface area (TPSA) is 169 Å². The molecule has 0 spiro atoms. The molecule has 0 saturated carbocycles. The monoisotopic (exact) mass is 656 g/mol. The SMILES string of the molecule is NS(=O)(=O)c1cccc2c3nc4nc(nc5[nH]c(nc6nc(nc([nH]3)c12)-c1ccccc1-6)c1ccccc51)-c1ccccc1-4.[Cu+]. The van der Waals surface area contributed by atoms with Gasteiger partial charge in [0.15, 0.2) is 23.3 Å². The van der Waals surface area contributed by atoms with Crippen molar-refractivity contribution < 1.29 is 25.5 Å². The first-order valence-electron chi connectivity index (χ1n) is 13.7. The second-order valence-electron chi connectivity index (χ2n) is 10.5. The minimum Gasteiger partial charge on any atom is -0.324 e. The van der Waals surface area contributed by atoms with Crippen LogP contribution in [-0.2, 0) is 27.1 Å². The Hall–Kier alpha value is -5.33. The first kappa shape index (κ1) is 27.2. The maximum Gasteiger partial charge on any atom is 1.00 e. The first-order valence-corrected chi connectivity index (χ1v) is 15.2. The van der Waals surface area contributed by atoms with Gasteiger partial charge >= 0.3 is 17.1 Å². The Morgan fingerprint density at radius 2 is 0.844 bits per heavy atom. The second kappa shape index (κ2) is 9.84. The van der Waals surface area contributed by atoms with Gasteiger partial charge < -0.3 is 9.97 Å². The summed E-state index contributed by atoms with van der Waals surface area (Å²) in [6, 6.07) is 28.0. The van der Waals surface area contributed by atoms with Crippen LogP contribution in [0.4, 0.5) is 0 Å². The molecule has 13 heteroatoms. The number of nitrogens with two attached hydrogens (primary N) is 1. The largest absolute Gasteiger partial charge is 1.00 e. The molecule has 0 saturated heterocycles. The predicted molar refractivity (Wildman–Crippen MR) is 167 cm³/mol. The Kier molecular flexibility index (Phi) is 5.96. The summed E-state index contributed by atoms with van der Waals surface area (Å²) in [6.45, 7) is 0. The van der Waals surface area contributed by atoms with Crippen molar-refractivity contribution in [3.63, 3.8) is 0 Å². The molecule has 45 heavy (non-hydrogen) atoms. The Morgan fingerprint density at radius 3 is 1.31 bits per heavy atom. The maximum absolute atomic E-state index is 12.7. The first-order chi connectivity index (χ1) is 21.4. The minimum absolute atomic E-state index is 0. The number of fused-ring (bicyclic) bond motifs is 20. The molecule has 7 aromatic rings. The van der Waals surface area contributed by atoms with E-state index < -0.39 is 10.0 Å². The van der Waals surface area contributed by atoms with Crippen LogP contribution < -0.4 is 5.14 Å².